The van der Waals surface area contributed by atoms with Gasteiger partial charge in [0.15, 0.2) is 5.11 Å². The Morgan fingerprint density at radius 2 is 1.70 bits per heavy atom. The molecule has 0 atom stereocenters. The zero-order chi connectivity index (χ0) is 23.4. The first-order valence-electron chi connectivity index (χ1n) is 11.6. The minimum absolute atomic E-state index is 0.419. The number of nitrogens with zero attached hydrogens (tertiary/aromatic N) is 5. The van der Waals surface area contributed by atoms with Crippen molar-refractivity contribution in [3.63, 3.8) is 0 Å². The molecular weight excluding hydrogens is 454 g/mol. The summed E-state index contributed by atoms with van der Waals surface area (Å²) in [5.41, 5.74) is 4.24. The number of piperazine rings is 1. The lowest BCUT2D eigenvalue weighted by Crippen LogP contribution is -2.51. The molecule has 7 nitrogen and oxygen atoms in total. The molecule has 0 unspecified atom stereocenters. The SMILES string of the molecule is Cc1cc(C)nc(N/C(=N/C(=S)NC2CCCC2)N2CCN(c3cc(Cl)ccc3C)CC2)n1. The molecule has 4 rings (SSSR count). The number of nitrogens with one attached hydrogen (secondary N) is 2. The molecule has 176 valence electrons. The van der Waals surface area contributed by atoms with Gasteiger partial charge in [0, 0.05) is 54.3 Å². The molecule has 0 spiro atoms. The van der Waals surface area contributed by atoms with Crippen molar-refractivity contribution in [2.24, 2.45) is 4.99 Å². The first kappa shape index (κ1) is 23.7. The van der Waals surface area contributed by atoms with E-state index in [1.165, 1.54) is 24.1 Å². The summed E-state index contributed by atoms with van der Waals surface area (Å²) in [6.45, 7) is 9.38. The smallest absolute Gasteiger partial charge is 0.229 e. The van der Waals surface area contributed by atoms with E-state index >= 15 is 0 Å². The number of aryl methyl sites for hydroxylation is 3. The van der Waals surface area contributed by atoms with Gasteiger partial charge in [0.1, 0.15) is 0 Å². The van der Waals surface area contributed by atoms with E-state index in [1.54, 1.807) is 0 Å². The number of aliphatic imine (C=N–C) groups is 1. The highest BCUT2D eigenvalue weighted by Gasteiger charge is 2.23. The second-order valence-corrected chi connectivity index (χ2v) is 9.69. The van der Waals surface area contributed by atoms with Crippen molar-refractivity contribution in [3.05, 3.63) is 46.2 Å². The van der Waals surface area contributed by atoms with Crippen LogP contribution in [0.2, 0.25) is 5.02 Å². The third-order valence-electron chi connectivity index (χ3n) is 6.19. The van der Waals surface area contributed by atoms with Crippen molar-refractivity contribution >= 4 is 46.5 Å². The normalized spacial score (nSPS) is 17.4. The van der Waals surface area contributed by atoms with Gasteiger partial charge in [0.05, 0.1) is 0 Å². The van der Waals surface area contributed by atoms with Crippen LogP contribution in [0.5, 0.6) is 0 Å². The Morgan fingerprint density at radius 1 is 1.03 bits per heavy atom. The second kappa shape index (κ2) is 10.7. The molecule has 0 radical (unpaired) electrons. The van der Waals surface area contributed by atoms with Crippen molar-refractivity contribution < 1.29 is 0 Å². The molecule has 2 heterocycles. The van der Waals surface area contributed by atoms with Crippen LogP contribution in [-0.4, -0.2) is 58.2 Å². The fourth-order valence-corrected chi connectivity index (χ4v) is 4.93. The van der Waals surface area contributed by atoms with Crippen molar-refractivity contribution in [1.82, 2.24) is 20.2 Å². The first-order chi connectivity index (χ1) is 15.9. The third kappa shape index (κ3) is 6.32. The van der Waals surface area contributed by atoms with Crippen LogP contribution in [0.25, 0.3) is 0 Å². The summed E-state index contributed by atoms with van der Waals surface area (Å²) in [4.78, 5) is 18.5. The number of anilines is 2. The highest BCUT2D eigenvalue weighted by atomic mass is 35.5. The predicted octanol–water partition coefficient (Wildman–Crippen LogP) is 4.46. The van der Waals surface area contributed by atoms with Crippen molar-refractivity contribution in [1.29, 1.82) is 0 Å². The maximum absolute atomic E-state index is 6.26. The molecule has 1 aromatic carbocycles. The Morgan fingerprint density at radius 3 is 2.36 bits per heavy atom. The van der Waals surface area contributed by atoms with Gasteiger partial charge in [-0.1, -0.05) is 30.5 Å². The lowest BCUT2D eigenvalue weighted by Gasteiger charge is -2.38. The van der Waals surface area contributed by atoms with Crippen LogP contribution in [0, 0.1) is 20.8 Å². The maximum Gasteiger partial charge on any atom is 0.229 e. The van der Waals surface area contributed by atoms with E-state index in [2.05, 4.69) is 43.4 Å². The third-order valence-corrected chi connectivity index (χ3v) is 6.63. The van der Waals surface area contributed by atoms with E-state index in [0.717, 1.165) is 55.4 Å². The number of guanidine groups is 1. The van der Waals surface area contributed by atoms with Gasteiger partial charge in [-0.15, -0.1) is 0 Å². The number of halogens is 1. The number of benzene rings is 1. The van der Waals surface area contributed by atoms with E-state index in [0.29, 0.717) is 23.1 Å². The topological polar surface area (TPSA) is 68.7 Å². The summed E-state index contributed by atoms with van der Waals surface area (Å²) in [7, 11) is 0. The lowest BCUT2D eigenvalue weighted by atomic mass is 10.1. The van der Waals surface area contributed by atoms with E-state index < -0.39 is 0 Å². The highest BCUT2D eigenvalue weighted by molar-refractivity contribution is 7.80. The molecular formula is C24H32ClN7S. The number of aromatic nitrogens is 2. The van der Waals surface area contributed by atoms with Gasteiger partial charge < -0.3 is 15.1 Å². The molecule has 2 N–H and O–H groups in total. The molecule has 9 heteroatoms. The molecule has 0 amide bonds. The summed E-state index contributed by atoms with van der Waals surface area (Å²) in [5.74, 6) is 1.24. The number of rotatable bonds is 3. The Bertz CT molecular complexity index is 1010. The second-order valence-electron chi connectivity index (χ2n) is 8.87. The molecule has 1 aliphatic heterocycles. The van der Waals surface area contributed by atoms with Gasteiger partial charge in [-0.25, -0.2) is 9.97 Å². The maximum atomic E-state index is 6.26. The molecule has 0 bridgehead atoms. The van der Waals surface area contributed by atoms with Crippen LogP contribution in [0.1, 0.15) is 42.6 Å². The van der Waals surface area contributed by atoms with Crippen LogP contribution in [0.15, 0.2) is 29.3 Å². The molecule has 1 saturated heterocycles. The molecule has 33 heavy (non-hydrogen) atoms. The van der Waals surface area contributed by atoms with Gasteiger partial charge in [-0.3, -0.25) is 5.32 Å². The average molecular weight is 486 g/mol. The van der Waals surface area contributed by atoms with E-state index in [-0.39, 0.29) is 0 Å². The number of hydrogen-bond acceptors (Lipinski definition) is 4. The Hall–Kier alpha value is -2.45. The van der Waals surface area contributed by atoms with Gasteiger partial charge in [0.25, 0.3) is 0 Å². The van der Waals surface area contributed by atoms with Gasteiger partial charge in [-0.05, 0) is 69.6 Å². The van der Waals surface area contributed by atoms with E-state index in [1.807, 2.05) is 32.0 Å². The quantitative estimate of drug-likeness (QED) is 0.378. The molecule has 2 fully saturated rings. The fourth-order valence-electron chi connectivity index (χ4n) is 4.52. The molecule has 1 saturated carbocycles. The fraction of sp³-hybridized carbons (Fsp3) is 0.500. The van der Waals surface area contributed by atoms with E-state index in [9.17, 15) is 0 Å². The van der Waals surface area contributed by atoms with Crippen molar-refractivity contribution in [3.8, 4) is 0 Å². The molecule has 2 aliphatic rings. The van der Waals surface area contributed by atoms with Crippen LogP contribution >= 0.6 is 23.8 Å². The van der Waals surface area contributed by atoms with Gasteiger partial charge >= 0.3 is 0 Å². The average Bonchev–Trinajstić information content (AvgIpc) is 3.27. The summed E-state index contributed by atoms with van der Waals surface area (Å²) in [5, 5.41) is 8.04. The molecule has 2 aromatic rings. The molecule has 1 aromatic heterocycles. The number of thiocarbonyl (C=S) groups is 1. The first-order valence-corrected chi connectivity index (χ1v) is 12.4. The summed E-state index contributed by atoms with van der Waals surface area (Å²) in [6, 6.07) is 8.43. The minimum Gasteiger partial charge on any atom is -0.368 e. The lowest BCUT2D eigenvalue weighted by molar-refractivity contribution is 0.385. The predicted molar refractivity (Wildman–Crippen MR) is 141 cm³/mol. The standard InChI is InChI=1S/C24H32ClN7S/c1-16-8-9-19(25)15-21(16)31-10-12-32(13-11-31)23(29-22-26-17(2)14-18(3)27-22)30-24(33)28-20-6-4-5-7-20/h8-9,14-15,20H,4-7,10-13H2,1-3H3,(H2,26,27,28,29,30,33). The zero-order valence-corrected chi connectivity index (χ0v) is 21.1. The van der Waals surface area contributed by atoms with E-state index in [4.69, 9.17) is 28.8 Å². The van der Waals surface area contributed by atoms with Crippen molar-refractivity contribution in [2.75, 3.05) is 36.4 Å². The Balaban J connectivity index is 1.50. The minimum atomic E-state index is 0.419. The Kier molecular flexibility index (Phi) is 7.65. The largest absolute Gasteiger partial charge is 0.368 e. The van der Waals surface area contributed by atoms with Gasteiger partial charge in [-0.2, -0.15) is 4.99 Å². The monoisotopic (exact) mass is 485 g/mol. The van der Waals surface area contributed by atoms with Crippen LogP contribution in [0.4, 0.5) is 11.6 Å². The number of hydrogen-bond donors (Lipinski definition) is 2. The summed E-state index contributed by atoms with van der Waals surface area (Å²) < 4.78 is 0. The summed E-state index contributed by atoms with van der Waals surface area (Å²) in [6.07, 6.45) is 4.79. The van der Waals surface area contributed by atoms with Gasteiger partial charge in [0.2, 0.25) is 11.9 Å². The Labute approximate surface area is 206 Å². The zero-order valence-electron chi connectivity index (χ0n) is 19.6. The molecule has 1 aliphatic carbocycles. The summed E-state index contributed by atoms with van der Waals surface area (Å²) >= 11 is 11.9. The van der Waals surface area contributed by atoms with Crippen molar-refractivity contribution in [2.45, 2.75) is 52.5 Å². The highest BCUT2D eigenvalue weighted by Crippen LogP contribution is 2.25. The van der Waals surface area contributed by atoms with Crippen LogP contribution < -0.4 is 15.5 Å². The van der Waals surface area contributed by atoms with Crippen LogP contribution in [-0.2, 0) is 0 Å². The van der Waals surface area contributed by atoms with Crippen LogP contribution in [0.3, 0.4) is 0 Å².